The van der Waals surface area contributed by atoms with Gasteiger partial charge in [-0.15, -0.1) is 0 Å². The van der Waals surface area contributed by atoms with Gasteiger partial charge in [0.15, 0.2) is 0 Å². The van der Waals surface area contributed by atoms with E-state index in [4.69, 9.17) is 4.74 Å². The zero-order chi connectivity index (χ0) is 9.19. The largest absolute Gasteiger partial charge is 0.384 e. The lowest BCUT2D eigenvalue weighted by atomic mass is 9.70. The highest BCUT2D eigenvalue weighted by atomic mass is 16.5. The highest BCUT2D eigenvalue weighted by Gasteiger charge is 2.31. The number of allylic oxidation sites excluding steroid dienone is 1. The molecule has 1 nitrogen and oxygen atoms in total. The van der Waals surface area contributed by atoms with Crippen molar-refractivity contribution in [1.82, 2.24) is 0 Å². The molecule has 1 heteroatoms. The first kappa shape index (κ1) is 9.79. The molecule has 0 amide bonds. The summed E-state index contributed by atoms with van der Waals surface area (Å²) in [4.78, 5) is 0. The van der Waals surface area contributed by atoms with Crippen LogP contribution in [0, 0.1) is 11.3 Å². The molecule has 0 spiro atoms. The van der Waals surface area contributed by atoms with Gasteiger partial charge in [-0.1, -0.05) is 26.0 Å². The van der Waals surface area contributed by atoms with Crippen LogP contribution in [0.1, 0.15) is 33.1 Å². The van der Waals surface area contributed by atoms with Gasteiger partial charge in [0.2, 0.25) is 0 Å². The van der Waals surface area contributed by atoms with E-state index in [1.54, 1.807) is 7.11 Å². The maximum Gasteiger partial charge on any atom is 0.0519 e. The predicted molar refractivity (Wildman–Crippen MR) is 52.1 cm³/mol. The van der Waals surface area contributed by atoms with Crippen molar-refractivity contribution < 1.29 is 4.74 Å². The molecule has 0 radical (unpaired) electrons. The van der Waals surface area contributed by atoms with Gasteiger partial charge in [0.25, 0.3) is 0 Å². The molecule has 2 unspecified atom stereocenters. The lowest BCUT2D eigenvalue weighted by Gasteiger charge is -2.37. The summed E-state index contributed by atoms with van der Waals surface area (Å²) in [5, 5.41) is 0. The second kappa shape index (κ2) is 3.61. The van der Waals surface area contributed by atoms with Gasteiger partial charge >= 0.3 is 0 Å². The van der Waals surface area contributed by atoms with Gasteiger partial charge in [0.05, 0.1) is 6.61 Å². The molecule has 0 aromatic carbocycles. The molecule has 0 saturated heterocycles. The number of ether oxygens (including phenoxy) is 1. The predicted octanol–water partition coefficient (Wildman–Crippen LogP) is 3.02. The van der Waals surface area contributed by atoms with E-state index in [1.807, 2.05) is 0 Å². The van der Waals surface area contributed by atoms with Crippen LogP contribution in [0.5, 0.6) is 0 Å². The number of rotatable bonds is 2. The van der Waals surface area contributed by atoms with Gasteiger partial charge in [-0.2, -0.15) is 0 Å². The van der Waals surface area contributed by atoms with E-state index in [2.05, 4.69) is 20.4 Å². The van der Waals surface area contributed by atoms with E-state index in [0.29, 0.717) is 5.41 Å². The van der Waals surface area contributed by atoms with Crippen LogP contribution in [0.3, 0.4) is 0 Å². The quantitative estimate of drug-likeness (QED) is 0.576. The van der Waals surface area contributed by atoms with Crippen molar-refractivity contribution in [2.75, 3.05) is 13.7 Å². The van der Waals surface area contributed by atoms with E-state index in [1.165, 1.54) is 18.4 Å². The smallest absolute Gasteiger partial charge is 0.0519 e. The molecule has 70 valence electrons. The van der Waals surface area contributed by atoms with Crippen LogP contribution in [-0.4, -0.2) is 13.7 Å². The fourth-order valence-corrected chi connectivity index (χ4v) is 2.61. The molecule has 0 N–H and O–H groups in total. The first-order valence-electron chi connectivity index (χ1n) is 4.71. The molecule has 1 fully saturated rings. The third kappa shape index (κ3) is 2.34. The minimum Gasteiger partial charge on any atom is -0.384 e. The highest BCUT2D eigenvalue weighted by molar-refractivity contribution is 5.05. The average Bonchev–Trinajstić information content (AvgIpc) is 1.82. The Bertz CT molecular complexity index is 174. The molecule has 12 heavy (non-hydrogen) atoms. The molecule has 0 aromatic heterocycles. The van der Waals surface area contributed by atoms with Crippen molar-refractivity contribution in [1.29, 1.82) is 0 Å². The van der Waals surface area contributed by atoms with Crippen molar-refractivity contribution in [2.24, 2.45) is 11.3 Å². The molecular formula is C11H20O. The van der Waals surface area contributed by atoms with Crippen molar-refractivity contribution in [2.45, 2.75) is 33.1 Å². The second-order valence-electron chi connectivity index (χ2n) is 4.68. The second-order valence-corrected chi connectivity index (χ2v) is 4.68. The highest BCUT2D eigenvalue weighted by Crippen LogP contribution is 2.41. The Morgan fingerprint density at radius 3 is 2.83 bits per heavy atom. The first-order valence-corrected chi connectivity index (χ1v) is 4.71. The van der Waals surface area contributed by atoms with Crippen LogP contribution in [0.15, 0.2) is 12.2 Å². The standard InChI is InChI=1S/C11H20O/c1-9-5-10(2)7-11(3,6-9)8-12-4/h10H,1,5-8H2,2-4H3. The first-order chi connectivity index (χ1) is 5.56. The van der Waals surface area contributed by atoms with E-state index in [9.17, 15) is 0 Å². The van der Waals surface area contributed by atoms with Crippen molar-refractivity contribution in [3.05, 3.63) is 12.2 Å². The van der Waals surface area contributed by atoms with Crippen molar-refractivity contribution in [3.63, 3.8) is 0 Å². The summed E-state index contributed by atoms with van der Waals surface area (Å²) < 4.78 is 5.24. The third-order valence-electron chi connectivity index (χ3n) is 2.65. The molecule has 0 bridgehead atoms. The maximum absolute atomic E-state index is 5.24. The Morgan fingerprint density at radius 2 is 2.33 bits per heavy atom. The third-order valence-corrected chi connectivity index (χ3v) is 2.65. The minimum absolute atomic E-state index is 0.351. The number of hydrogen-bond acceptors (Lipinski definition) is 1. The van der Waals surface area contributed by atoms with Crippen LogP contribution >= 0.6 is 0 Å². The van der Waals surface area contributed by atoms with Gasteiger partial charge in [-0.3, -0.25) is 0 Å². The fourth-order valence-electron chi connectivity index (χ4n) is 2.61. The lowest BCUT2D eigenvalue weighted by molar-refractivity contribution is 0.0625. The number of hydrogen-bond donors (Lipinski definition) is 0. The summed E-state index contributed by atoms with van der Waals surface area (Å²) in [7, 11) is 1.79. The zero-order valence-corrected chi connectivity index (χ0v) is 8.52. The Hall–Kier alpha value is -0.300. The fraction of sp³-hybridized carbons (Fsp3) is 0.818. The Morgan fingerprint density at radius 1 is 1.67 bits per heavy atom. The zero-order valence-electron chi connectivity index (χ0n) is 8.52. The minimum atomic E-state index is 0.351. The van der Waals surface area contributed by atoms with Gasteiger partial charge in [-0.25, -0.2) is 0 Å². The summed E-state index contributed by atoms with van der Waals surface area (Å²) in [5.41, 5.74) is 1.75. The van der Waals surface area contributed by atoms with Gasteiger partial charge in [-0.05, 0) is 30.6 Å². The molecule has 2 atom stereocenters. The molecular weight excluding hydrogens is 148 g/mol. The van der Waals surface area contributed by atoms with Crippen molar-refractivity contribution in [3.8, 4) is 0 Å². The van der Waals surface area contributed by atoms with Crippen LogP contribution in [-0.2, 0) is 4.74 Å². The van der Waals surface area contributed by atoms with Gasteiger partial charge in [0.1, 0.15) is 0 Å². The molecule has 0 aromatic rings. The average molecular weight is 168 g/mol. The van der Waals surface area contributed by atoms with Gasteiger partial charge in [0, 0.05) is 7.11 Å². The molecule has 1 aliphatic carbocycles. The van der Waals surface area contributed by atoms with Crippen LogP contribution in [0.4, 0.5) is 0 Å². The molecule has 1 aliphatic rings. The summed E-state index contributed by atoms with van der Waals surface area (Å²) in [5.74, 6) is 0.784. The van der Waals surface area contributed by atoms with Crippen LogP contribution in [0.25, 0.3) is 0 Å². The van der Waals surface area contributed by atoms with Crippen molar-refractivity contribution >= 4 is 0 Å². The summed E-state index contributed by atoms with van der Waals surface area (Å²) >= 11 is 0. The monoisotopic (exact) mass is 168 g/mol. The number of methoxy groups -OCH3 is 1. The normalized spacial score (nSPS) is 36.9. The maximum atomic E-state index is 5.24. The van der Waals surface area contributed by atoms with E-state index in [-0.39, 0.29) is 0 Å². The topological polar surface area (TPSA) is 9.23 Å². The van der Waals surface area contributed by atoms with E-state index >= 15 is 0 Å². The van der Waals surface area contributed by atoms with Crippen LogP contribution < -0.4 is 0 Å². The van der Waals surface area contributed by atoms with E-state index in [0.717, 1.165) is 18.9 Å². The SMILES string of the molecule is C=C1CC(C)CC(C)(COC)C1. The van der Waals surface area contributed by atoms with E-state index < -0.39 is 0 Å². The lowest BCUT2D eigenvalue weighted by Crippen LogP contribution is -2.29. The summed E-state index contributed by atoms with van der Waals surface area (Å²) in [6, 6.07) is 0. The van der Waals surface area contributed by atoms with Crippen LogP contribution in [0.2, 0.25) is 0 Å². The Kier molecular flexibility index (Phi) is 2.94. The molecule has 0 aliphatic heterocycles. The summed E-state index contributed by atoms with van der Waals surface area (Å²) in [6.45, 7) is 9.56. The van der Waals surface area contributed by atoms with Gasteiger partial charge < -0.3 is 4.74 Å². The summed E-state index contributed by atoms with van der Waals surface area (Å²) in [6.07, 6.45) is 3.63. The molecule has 1 saturated carbocycles. The Labute approximate surface area is 75.8 Å². The Balaban J connectivity index is 2.58. The molecule has 1 rings (SSSR count). The molecule has 0 heterocycles.